The van der Waals surface area contributed by atoms with Crippen molar-refractivity contribution in [1.82, 2.24) is 0 Å². The number of nitrogens with one attached hydrogen (secondary N) is 1. The van der Waals surface area contributed by atoms with Crippen LogP contribution in [0.1, 0.15) is 25.7 Å². The third-order valence-corrected chi connectivity index (χ3v) is 3.55. The molecule has 1 aromatic rings. The van der Waals surface area contributed by atoms with Crippen molar-refractivity contribution in [3.63, 3.8) is 0 Å². The summed E-state index contributed by atoms with van der Waals surface area (Å²) in [7, 11) is 1.79. The third-order valence-electron chi connectivity index (χ3n) is 3.22. The van der Waals surface area contributed by atoms with Gasteiger partial charge in [0.15, 0.2) is 0 Å². The molecular weight excluding hydrogens is 222 g/mol. The molecule has 0 radical (unpaired) electrons. The number of para-hydroxylation sites is 1. The first kappa shape index (κ1) is 11.7. The fraction of sp³-hybridized carbons (Fsp3) is 0.538. The Morgan fingerprint density at radius 1 is 1.25 bits per heavy atom. The van der Waals surface area contributed by atoms with Gasteiger partial charge >= 0.3 is 0 Å². The van der Waals surface area contributed by atoms with Crippen LogP contribution in [0.25, 0.3) is 0 Å². The average Bonchev–Trinajstić information content (AvgIpc) is 2.33. The highest BCUT2D eigenvalue weighted by Gasteiger charge is 2.24. The van der Waals surface area contributed by atoms with Crippen LogP contribution in [0.4, 0.5) is 5.69 Å². The Morgan fingerprint density at radius 3 is 2.75 bits per heavy atom. The van der Waals surface area contributed by atoms with Crippen LogP contribution in [-0.4, -0.2) is 19.3 Å². The summed E-state index contributed by atoms with van der Waals surface area (Å²) in [6.45, 7) is 0. The first-order valence-corrected chi connectivity index (χ1v) is 6.23. The van der Waals surface area contributed by atoms with E-state index in [0.717, 1.165) is 23.6 Å². The lowest BCUT2D eigenvalue weighted by Gasteiger charge is -2.32. The zero-order valence-corrected chi connectivity index (χ0v) is 10.3. The van der Waals surface area contributed by atoms with Crippen molar-refractivity contribution in [3.8, 4) is 0 Å². The van der Waals surface area contributed by atoms with E-state index >= 15 is 0 Å². The molecule has 16 heavy (non-hydrogen) atoms. The van der Waals surface area contributed by atoms with Crippen molar-refractivity contribution in [2.45, 2.75) is 37.8 Å². The Balaban J connectivity index is 2.05. The van der Waals surface area contributed by atoms with Crippen LogP contribution in [-0.2, 0) is 4.74 Å². The molecule has 1 N–H and O–H groups in total. The monoisotopic (exact) mass is 239 g/mol. The Morgan fingerprint density at radius 2 is 2.00 bits per heavy atom. The maximum absolute atomic E-state index is 6.13. The van der Waals surface area contributed by atoms with Gasteiger partial charge in [-0.1, -0.05) is 36.6 Å². The number of hydrogen-bond donors (Lipinski definition) is 1. The molecule has 0 saturated heterocycles. The lowest BCUT2D eigenvalue weighted by molar-refractivity contribution is 0.0606. The lowest BCUT2D eigenvalue weighted by Crippen LogP contribution is -2.37. The molecule has 1 aromatic carbocycles. The molecule has 1 saturated carbocycles. The molecule has 88 valence electrons. The zero-order chi connectivity index (χ0) is 11.4. The first-order chi connectivity index (χ1) is 7.81. The number of ether oxygens (including phenoxy) is 1. The predicted molar refractivity (Wildman–Crippen MR) is 68.1 cm³/mol. The van der Waals surface area contributed by atoms with E-state index in [-0.39, 0.29) is 0 Å². The van der Waals surface area contributed by atoms with Crippen LogP contribution in [0.15, 0.2) is 24.3 Å². The molecule has 0 aromatic heterocycles. The quantitative estimate of drug-likeness (QED) is 0.868. The fourth-order valence-corrected chi connectivity index (χ4v) is 2.51. The molecule has 2 atom stereocenters. The van der Waals surface area contributed by atoms with Crippen molar-refractivity contribution in [2.75, 3.05) is 12.4 Å². The molecule has 0 spiro atoms. The van der Waals surface area contributed by atoms with E-state index in [2.05, 4.69) is 5.32 Å². The van der Waals surface area contributed by atoms with Gasteiger partial charge in [-0.15, -0.1) is 0 Å². The molecule has 3 heteroatoms. The Bertz CT molecular complexity index is 342. The molecule has 0 amide bonds. The topological polar surface area (TPSA) is 21.3 Å². The minimum Gasteiger partial charge on any atom is -0.379 e. The van der Waals surface area contributed by atoms with Crippen LogP contribution >= 0.6 is 11.6 Å². The van der Waals surface area contributed by atoms with E-state index in [1.807, 2.05) is 24.3 Å². The lowest BCUT2D eigenvalue weighted by atomic mass is 9.92. The molecule has 1 fully saturated rings. The highest BCUT2D eigenvalue weighted by Crippen LogP contribution is 2.27. The number of methoxy groups -OCH3 is 1. The van der Waals surface area contributed by atoms with Crippen molar-refractivity contribution in [1.29, 1.82) is 0 Å². The van der Waals surface area contributed by atoms with Gasteiger partial charge in [0, 0.05) is 7.11 Å². The van der Waals surface area contributed by atoms with E-state index in [0.29, 0.717) is 12.1 Å². The number of rotatable bonds is 3. The van der Waals surface area contributed by atoms with E-state index in [1.165, 1.54) is 12.8 Å². The normalized spacial score (nSPS) is 25.4. The summed E-state index contributed by atoms with van der Waals surface area (Å²) in [6, 6.07) is 8.26. The summed E-state index contributed by atoms with van der Waals surface area (Å²) in [5.74, 6) is 0. The minimum absolute atomic E-state index is 0.310. The largest absolute Gasteiger partial charge is 0.379 e. The third kappa shape index (κ3) is 2.69. The Labute approximate surface area is 102 Å². The predicted octanol–water partition coefficient (Wildman–Crippen LogP) is 3.71. The SMILES string of the molecule is COC1CCCCC1Nc1ccccc1Cl. The van der Waals surface area contributed by atoms with Crippen molar-refractivity contribution in [3.05, 3.63) is 29.3 Å². The summed E-state index contributed by atoms with van der Waals surface area (Å²) in [5, 5.41) is 4.27. The summed E-state index contributed by atoms with van der Waals surface area (Å²) < 4.78 is 5.51. The van der Waals surface area contributed by atoms with Crippen LogP contribution in [0.3, 0.4) is 0 Å². The van der Waals surface area contributed by atoms with E-state index in [1.54, 1.807) is 7.11 Å². The van der Waals surface area contributed by atoms with Crippen LogP contribution in [0.5, 0.6) is 0 Å². The number of benzene rings is 1. The Kier molecular flexibility index (Phi) is 4.08. The van der Waals surface area contributed by atoms with Gasteiger partial charge in [-0.2, -0.15) is 0 Å². The zero-order valence-electron chi connectivity index (χ0n) is 9.58. The van der Waals surface area contributed by atoms with Crippen molar-refractivity contribution < 1.29 is 4.74 Å². The average molecular weight is 240 g/mol. The molecule has 0 heterocycles. The van der Waals surface area contributed by atoms with Gasteiger partial charge in [0.1, 0.15) is 0 Å². The molecule has 0 aliphatic heterocycles. The fourth-order valence-electron chi connectivity index (χ4n) is 2.32. The highest BCUT2D eigenvalue weighted by atomic mass is 35.5. The van der Waals surface area contributed by atoms with Crippen molar-refractivity contribution >= 4 is 17.3 Å². The second-order valence-corrected chi connectivity index (χ2v) is 4.70. The summed E-state index contributed by atoms with van der Waals surface area (Å²) in [4.78, 5) is 0. The summed E-state index contributed by atoms with van der Waals surface area (Å²) in [5.41, 5.74) is 1.01. The molecule has 2 rings (SSSR count). The second kappa shape index (κ2) is 5.55. The van der Waals surface area contributed by atoms with Gasteiger partial charge in [-0.25, -0.2) is 0 Å². The standard InChI is InChI=1S/C13H18ClNO/c1-16-13-9-5-4-8-12(13)15-11-7-3-2-6-10(11)14/h2-3,6-7,12-13,15H,4-5,8-9H2,1H3. The number of hydrogen-bond acceptors (Lipinski definition) is 2. The second-order valence-electron chi connectivity index (χ2n) is 4.29. The summed E-state index contributed by atoms with van der Waals surface area (Å²) >= 11 is 6.13. The van der Waals surface area contributed by atoms with Gasteiger partial charge < -0.3 is 10.1 Å². The van der Waals surface area contributed by atoms with Gasteiger partial charge in [0.05, 0.1) is 22.9 Å². The van der Waals surface area contributed by atoms with Gasteiger partial charge in [0.2, 0.25) is 0 Å². The van der Waals surface area contributed by atoms with E-state index in [4.69, 9.17) is 16.3 Å². The van der Waals surface area contributed by atoms with E-state index < -0.39 is 0 Å². The van der Waals surface area contributed by atoms with Crippen LogP contribution in [0, 0.1) is 0 Å². The van der Waals surface area contributed by atoms with Crippen molar-refractivity contribution in [2.24, 2.45) is 0 Å². The smallest absolute Gasteiger partial charge is 0.0772 e. The summed E-state index contributed by atoms with van der Waals surface area (Å²) in [6.07, 6.45) is 5.13. The molecule has 2 nitrogen and oxygen atoms in total. The maximum atomic E-state index is 6.13. The minimum atomic E-state index is 0.310. The van der Waals surface area contributed by atoms with Crippen LogP contribution < -0.4 is 5.32 Å². The maximum Gasteiger partial charge on any atom is 0.0772 e. The number of halogens is 1. The highest BCUT2D eigenvalue weighted by molar-refractivity contribution is 6.33. The first-order valence-electron chi connectivity index (χ1n) is 5.85. The van der Waals surface area contributed by atoms with Crippen LogP contribution in [0.2, 0.25) is 5.02 Å². The molecular formula is C13H18ClNO. The Hall–Kier alpha value is -0.730. The van der Waals surface area contributed by atoms with Gasteiger partial charge in [-0.3, -0.25) is 0 Å². The molecule has 2 unspecified atom stereocenters. The van der Waals surface area contributed by atoms with E-state index in [9.17, 15) is 0 Å². The number of anilines is 1. The molecule has 0 bridgehead atoms. The molecule has 1 aliphatic carbocycles. The van der Waals surface area contributed by atoms with Gasteiger partial charge in [0.25, 0.3) is 0 Å². The van der Waals surface area contributed by atoms with Gasteiger partial charge in [-0.05, 0) is 25.0 Å². The molecule has 1 aliphatic rings.